The molecule has 0 fully saturated rings. The van der Waals surface area contributed by atoms with E-state index in [9.17, 15) is 23.3 Å². The topological polar surface area (TPSA) is 68.1 Å². The molecule has 0 aliphatic heterocycles. The molecule has 20 heavy (non-hydrogen) atoms. The fourth-order valence-corrected chi connectivity index (χ4v) is 1.89. The number of nitrogens with zero attached hydrogens (tertiary/aromatic N) is 2. The first-order chi connectivity index (χ1) is 9.36. The Morgan fingerprint density at radius 2 is 2.25 bits per heavy atom. The first-order valence-corrected chi connectivity index (χ1v) is 6.66. The van der Waals surface area contributed by atoms with Crippen LogP contribution in [0.2, 0.25) is 0 Å². The lowest BCUT2D eigenvalue weighted by Gasteiger charge is -2.10. The maximum absolute atomic E-state index is 12.5. The molecule has 0 aliphatic carbocycles. The highest BCUT2D eigenvalue weighted by molar-refractivity contribution is 7.99. The Kier molecular flexibility index (Phi) is 5.81. The van der Waals surface area contributed by atoms with Crippen molar-refractivity contribution in [3.05, 3.63) is 40.7 Å². The van der Waals surface area contributed by atoms with Gasteiger partial charge in [0.1, 0.15) is 17.6 Å². The van der Waals surface area contributed by atoms with Gasteiger partial charge in [0.05, 0.1) is 4.92 Å². The lowest BCUT2D eigenvalue weighted by molar-refractivity contribution is -0.384. The molecule has 110 valence electrons. The zero-order chi connectivity index (χ0) is 15.2. The van der Waals surface area contributed by atoms with Gasteiger partial charge in [-0.1, -0.05) is 6.08 Å². The van der Waals surface area contributed by atoms with Crippen LogP contribution in [-0.4, -0.2) is 28.0 Å². The van der Waals surface area contributed by atoms with E-state index in [2.05, 4.69) is 16.9 Å². The standard InChI is InChI=1S/C11H12F3N3O2S/c1-2-4-20-5-3-15-8-6-10(11(12,13)14)16-7-9(8)17(18)19/h2,6-7H,1,3-5H2,(H,15,16). The Morgan fingerprint density at radius 3 is 2.80 bits per heavy atom. The van der Waals surface area contributed by atoms with E-state index in [1.165, 1.54) is 11.8 Å². The van der Waals surface area contributed by atoms with Crippen molar-refractivity contribution >= 4 is 23.1 Å². The summed E-state index contributed by atoms with van der Waals surface area (Å²) in [6.45, 7) is 3.83. The molecule has 1 aromatic heterocycles. The van der Waals surface area contributed by atoms with Crippen LogP contribution in [0.4, 0.5) is 24.5 Å². The van der Waals surface area contributed by atoms with Crippen LogP contribution in [-0.2, 0) is 6.18 Å². The minimum Gasteiger partial charge on any atom is -0.379 e. The third-order valence-electron chi connectivity index (χ3n) is 2.17. The number of halogens is 3. The van der Waals surface area contributed by atoms with E-state index >= 15 is 0 Å². The largest absolute Gasteiger partial charge is 0.433 e. The maximum Gasteiger partial charge on any atom is 0.433 e. The Balaban J connectivity index is 2.84. The number of thioether (sulfide) groups is 1. The lowest BCUT2D eigenvalue weighted by Crippen LogP contribution is -2.12. The Morgan fingerprint density at radius 1 is 1.55 bits per heavy atom. The molecular formula is C11H12F3N3O2S. The fraction of sp³-hybridized carbons (Fsp3) is 0.364. The third kappa shape index (κ3) is 4.72. The molecule has 9 heteroatoms. The van der Waals surface area contributed by atoms with Gasteiger partial charge >= 0.3 is 11.9 Å². The minimum absolute atomic E-state index is 0.184. The zero-order valence-corrected chi connectivity index (χ0v) is 11.1. The van der Waals surface area contributed by atoms with Crippen molar-refractivity contribution in [2.24, 2.45) is 0 Å². The van der Waals surface area contributed by atoms with Crippen LogP contribution < -0.4 is 5.32 Å². The highest BCUT2D eigenvalue weighted by atomic mass is 32.2. The smallest absolute Gasteiger partial charge is 0.379 e. The summed E-state index contributed by atoms with van der Waals surface area (Å²) in [4.78, 5) is 13.0. The van der Waals surface area contributed by atoms with Crippen LogP contribution >= 0.6 is 11.8 Å². The highest BCUT2D eigenvalue weighted by Gasteiger charge is 2.34. The number of alkyl halides is 3. The van der Waals surface area contributed by atoms with Gasteiger partial charge in [0.25, 0.3) is 0 Å². The van der Waals surface area contributed by atoms with Gasteiger partial charge in [-0.25, -0.2) is 4.98 Å². The molecule has 0 saturated carbocycles. The van der Waals surface area contributed by atoms with Gasteiger partial charge in [0.2, 0.25) is 0 Å². The van der Waals surface area contributed by atoms with Crippen molar-refractivity contribution in [2.75, 3.05) is 23.4 Å². The molecule has 0 aliphatic rings. The van der Waals surface area contributed by atoms with Gasteiger partial charge in [-0.2, -0.15) is 24.9 Å². The zero-order valence-electron chi connectivity index (χ0n) is 10.3. The van der Waals surface area contributed by atoms with Crippen LogP contribution in [0.1, 0.15) is 5.69 Å². The summed E-state index contributed by atoms with van der Waals surface area (Å²) in [6, 6.07) is 0.649. The molecule has 1 N–H and O–H groups in total. The predicted octanol–water partition coefficient (Wildman–Crippen LogP) is 3.34. The number of nitro groups is 1. The number of aromatic nitrogens is 1. The minimum atomic E-state index is -4.64. The van der Waals surface area contributed by atoms with E-state index in [0.29, 0.717) is 30.3 Å². The monoisotopic (exact) mass is 307 g/mol. The number of hydrogen-bond acceptors (Lipinski definition) is 5. The summed E-state index contributed by atoms with van der Waals surface area (Å²) >= 11 is 1.51. The predicted molar refractivity (Wildman–Crippen MR) is 71.9 cm³/mol. The average Bonchev–Trinajstić information content (AvgIpc) is 2.37. The third-order valence-corrected chi connectivity index (χ3v) is 3.13. The number of rotatable bonds is 7. The van der Waals surface area contributed by atoms with Crippen molar-refractivity contribution in [3.8, 4) is 0 Å². The summed E-state index contributed by atoms with van der Waals surface area (Å²) in [7, 11) is 0. The van der Waals surface area contributed by atoms with E-state index in [4.69, 9.17) is 0 Å². The van der Waals surface area contributed by atoms with E-state index in [1.807, 2.05) is 0 Å². The second-order valence-corrected chi connectivity index (χ2v) is 4.78. The van der Waals surface area contributed by atoms with Crippen LogP contribution in [0.25, 0.3) is 0 Å². The Bertz CT molecular complexity index is 494. The average molecular weight is 307 g/mol. The molecule has 1 heterocycles. The summed E-state index contributed by atoms with van der Waals surface area (Å²) in [5, 5.41) is 13.4. The number of pyridine rings is 1. The highest BCUT2D eigenvalue weighted by Crippen LogP contribution is 2.32. The van der Waals surface area contributed by atoms with Crippen molar-refractivity contribution < 1.29 is 18.1 Å². The number of anilines is 1. The molecule has 0 amide bonds. The summed E-state index contributed by atoms with van der Waals surface area (Å²) in [5.74, 6) is 1.29. The molecule has 0 unspecified atom stereocenters. The van der Waals surface area contributed by atoms with Crippen molar-refractivity contribution in [1.29, 1.82) is 0 Å². The van der Waals surface area contributed by atoms with Crippen LogP contribution in [0.3, 0.4) is 0 Å². The maximum atomic E-state index is 12.5. The SMILES string of the molecule is C=CCSCCNc1cc(C(F)(F)F)ncc1[N+](=O)[O-]. The molecule has 1 aromatic rings. The summed E-state index contributed by atoms with van der Waals surface area (Å²) in [6.07, 6.45) is -2.33. The van der Waals surface area contributed by atoms with Crippen LogP contribution in [0.5, 0.6) is 0 Å². The van der Waals surface area contributed by atoms with E-state index in [0.717, 1.165) is 0 Å². The van der Waals surface area contributed by atoms with E-state index in [-0.39, 0.29) is 5.69 Å². The van der Waals surface area contributed by atoms with Crippen LogP contribution in [0, 0.1) is 10.1 Å². The second-order valence-electron chi connectivity index (χ2n) is 3.63. The number of hydrogen-bond donors (Lipinski definition) is 1. The van der Waals surface area contributed by atoms with Crippen molar-refractivity contribution in [1.82, 2.24) is 4.98 Å². The first kappa shape index (κ1) is 16.3. The van der Waals surface area contributed by atoms with Crippen molar-refractivity contribution in [3.63, 3.8) is 0 Å². The van der Waals surface area contributed by atoms with Gasteiger partial charge < -0.3 is 5.32 Å². The molecule has 0 atom stereocenters. The van der Waals surface area contributed by atoms with E-state index in [1.54, 1.807) is 6.08 Å². The molecule has 0 bridgehead atoms. The molecule has 0 saturated heterocycles. The van der Waals surface area contributed by atoms with Gasteiger partial charge in [0, 0.05) is 18.1 Å². The molecule has 0 aromatic carbocycles. The van der Waals surface area contributed by atoms with Gasteiger partial charge in [0.15, 0.2) is 0 Å². The quantitative estimate of drug-likeness (QED) is 0.362. The fourth-order valence-electron chi connectivity index (χ4n) is 1.31. The second kappa shape index (κ2) is 7.13. The van der Waals surface area contributed by atoms with Gasteiger partial charge in [-0.15, -0.1) is 6.58 Å². The van der Waals surface area contributed by atoms with Gasteiger partial charge in [-0.05, 0) is 6.07 Å². The van der Waals surface area contributed by atoms with Crippen LogP contribution in [0.15, 0.2) is 24.9 Å². The molecule has 1 rings (SSSR count). The van der Waals surface area contributed by atoms with E-state index < -0.39 is 22.5 Å². The van der Waals surface area contributed by atoms with Gasteiger partial charge in [-0.3, -0.25) is 10.1 Å². The Labute approximate surface area is 117 Å². The molecule has 0 radical (unpaired) electrons. The normalized spacial score (nSPS) is 11.2. The molecule has 5 nitrogen and oxygen atoms in total. The number of nitrogens with one attached hydrogen (secondary N) is 1. The summed E-state index contributed by atoms with van der Waals surface area (Å²) < 4.78 is 37.5. The Hall–Kier alpha value is -1.77. The lowest BCUT2D eigenvalue weighted by atomic mass is 10.2. The molecule has 0 spiro atoms. The first-order valence-electron chi connectivity index (χ1n) is 5.50. The summed E-state index contributed by atoms with van der Waals surface area (Å²) in [5.41, 5.74) is -1.83. The molecular weight excluding hydrogens is 295 g/mol. The van der Waals surface area contributed by atoms with Crippen molar-refractivity contribution in [2.45, 2.75) is 6.18 Å².